The first-order valence-electron chi connectivity index (χ1n) is 9.13. The molecule has 0 bridgehead atoms. The molecule has 2 heterocycles. The predicted octanol–water partition coefficient (Wildman–Crippen LogP) is 2.07. The summed E-state index contributed by atoms with van der Waals surface area (Å²) in [4.78, 5) is 20.5. The normalized spacial score (nSPS) is 17.3. The number of likely N-dealkylation sites (tertiary alicyclic amines) is 1. The lowest BCUT2D eigenvalue weighted by molar-refractivity contribution is 0.308. The van der Waals surface area contributed by atoms with Crippen LogP contribution in [0.2, 0.25) is 0 Å². The molecule has 140 valence electrons. The smallest absolute Gasteiger partial charge is 0.275 e. The quantitative estimate of drug-likeness (QED) is 0.626. The number of nitrogens with two attached hydrogens (primary N) is 1. The van der Waals surface area contributed by atoms with Gasteiger partial charge in [-0.1, -0.05) is 19.1 Å². The molecule has 4 N–H and O–H groups in total. The van der Waals surface area contributed by atoms with E-state index in [1.54, 1.807) is 0 Å². The van der Waals surface area contributed by atoms with Crippen molar-refractivity contribution in [2.45, 2.75) is 26.3 Å². The van der Waals surface area contributed by atoms with E-state index in [2.05, 4.69) is 39.2 Å². The van der Waals surface area contributed by atoms with Crippen molar-refractivity contribution in [3.63, 3.8) is 0 Å². The van der Waals surface area contributed by atoms with Crippen molar-refractivity contribution in [1.82, 2.24) is 14.9 Å². The molecular formula is C19H27N5O2. The second kappa shape index (κ2) is 8.71. The molecule has 26 heavy (non-hydrogen) atoms. The summed E-state index contributed by atoms with van der Waals surface area (Å²) in [6.07, 6.45) is 3.43. The fourth-order valence-electron chi connectivity index (χ4n) is 3.13. The van der Waals surface area contributed by atoms with Crippen LogP contribution >= 0.6 is 0 Å². The van der Waals surface area contributed by atoms with E-state index in [0.717, 1.165) is 24.6 Å². The molecule has 7 nitrogen and oxygen atoms in total. The minimum atomic E-state index is -0.331. The number of nitrogens with zero attached hydrogens (tertiary/aromatic N) is 2. The van der Waals surface area contributed by atoms with E-state index in [1.807, 2.05) is 12.1 Å². The summed E-state index contributed by atoms with van der Waals surface area (Å²) in [7, 11) is 0. The summed E-state index contributed by atoms with van der Waals surface area (Å²) in [6.45, 7) is 6.90. The molecule has 2 aromatic rings. The number of benzene rings is 1. The van der Waals surface area contributed by atoms with Crippen molar-refractivity contribution in [2.75, 3.05) is 37.3 Å². The van der Waals surface area contributed by atoms with Crippen LogP contribution in [0.5, 0.6) is 5.75 Å². The molecule has 0 saturated carbocycles. The molecule has 1 unspecified atom stereocenters. The minimum absolute atomic E-state index is 0.113. The maximum absolute atomic E-state index is 11.4. The van der Waals surface area contributed by atoms with Gasteiger partial charge in [0, 0.05) is 19.6 Å². The van der Waals surface area contributed by atoms with Gasteiger partial charge in [-0.2, -0.15) is 0 Å². The Morgan fingerprint density at radius 1 is 1.46 bits per heavy atom. The number of ether oxygens (including phenoxy) is 1. The number of hydrogen-bond acceptors (Lipinski definition) is 6. The second-order valence-corrected chi connectivity index (χ2v) is 6.92. The van der Waals surface area contributed by atoms with Crippen LogP contribution in [0.1, 0.15) is 25.3 Å². The number of rotatable bonds is 8. The van der Waals surface area contributed by atoms with Crippen LogP contribution in [0.25, 0.3) is 0 Å². The lowest BCUT2D eigenvalue weighted by atomic mass is 10.2. The van der Waals surface area contributed by atoms with E-state index in [1.165, 1.54) is 31.3 Å². The van der Waals surface area contributed by atoms with Crippen molar-refractivity contribution in [3.05, 3.63) is 46.4 Å². The number of nitrogens with one attached hydrogen (secondary N) is 2. The highest BCUT2D eigenvalue weighted by Crippen LogP contribution is 2.20. The van der Waals surface area contributed by atoms with Crippen LogP contribution < -0.4 is 21.3 Å². The summed E-state index contributed by atoms with van der Waals surface area (Å²) in [5.41, 5.74) is 6.52. The highest BCUT2D eigenvalue weighted by atomic mass is 16.5. The molecule has 1 aliphatic heterocycles. The van der Waals surface area contributed by atoms with Crippen molar-refractivity contribution in [1.29, 1.82) is 0 Å². The van der Waals surface area contributed by atoms with Gasteiger partial charge in [0.05, 0.1) is 12.8 Å². The molecule has 3 rings (SSSR count). The molecule has 0 radical (unpaired) electrons. The average molecular weight is 357 g/mol. The Bertz CT molecular complexity index is 777. The van der Waals surface area contributed by atoms with Gasteiger partial charge in [-0.15, -0.1) is 0 Å². The van der Waals surface area contributed by atoms with E-state index in [0.29, 0.717) is 19.1 Å². The molecule has 0 aliphatic carbocycles. The first-order valence-corrected chi connectivity index (χ1v) is 9.13. The fourth-order valence-corrected chi connectivity index (χ4v) is 3.13. The highest BCUT2D eigenvalue weighted by Gasteiger charge is 2.18. The molecule has 0 spiro atoms. The van der Waals surface area contributed by atoms with Crippen molar-refractivity contribution in [2.24, 2.45) is 5.92 Å². The minimum Gasteiger partial charge on any atom is -0.494 e. The molecule has 7 heteroatoms. The number of anilines is 2. The first-order chi connectivity index (χ1) is 12.6. The Balaban J connectivity index is 1.39. The van der Waals surface area contributed by atoms with Crippen LogP contribution in [-0.4, -0.2) is 41.1 Å². The lowest BCUT2D eigenvalue weighted by Crippen LogP contribution is -2.19. The van der Waals surface area contributed by atoms with E-state index in [-0.39, 0.29) is 11.2 Å². The third-order valence-corrected chi connectivity index (χ3v) is 4.52. The Labute approximate surface area is 153 Å². The number of nitrogen functional groups attached to an aromatic ring is 1. The van der Waals surface area contributed by atoms with Gasteiger partial charge in [0.15, 0.2) is 0 Å². The number of aromatic nitrogens is 2. The SMILES string of the molecule is CC1CCN(Cc2cccc(OCCCNc3ncc(N)c(=O)[nH]3)c2)C1. The largest absolute Gasteiger partial charge is 0.494 e. The van der Waals surface area contributed by atoms with Gasteiger partial charge in [0.2, 0.25) is 5.95 Å². The van der Waals surface area contributed by atoms with Crippen LogP contribution in [0, 0.1) is 5.92 Å². The zero-order valence-corrected chi connectivity index (χ0v) is 15.2. The lowest BCUT2D eigenvalue weighted by Gasteiger charge is -2.16. The van der Waals surface area contributed by atoms with Crippen molar-refractivity contribution < 1.29 is 4.74 Å². The Morgan fingerprint density at radius 2 is 2.35 bits per heavy atom. The van der Waals surface area contributed by atoms with Gasteiger partial charge in [-0.25, -0.2) is 4.98 Å². The number of hydrogen-bond donors (Lipinski definition) is 3. The monoisotopic (exact) mass is 357 g/mol. The summed E-state index contributed by atoms with van der Waals surface area (Å²) in [5, 5.41) is 3.05. The topological polar surface area (TPSA) is 96.3 Å². The fraction of sp³-hybridized carbons (Fsp3) is 0.474. The molecule has 1 aromatic heterocycles. The third-order valence-electron chi connectivity index (χ3n) is 4.52. The molecule has 1 atom stereocenters. The van der Waals surface area contributed by atoms with Crippen LogP contribution in [0.3, 0.4) is 0 Å². The summed E-state index contributed by atoms with van der Waals surface area (Å²) < 4.78 is 5.84. The first kappa shape index (κ1) is 18.3. The maximum Gasteiger partial charge on any atom is 0.275 e. The predicted molar refractivity (Wildman–Crippen MR) is 103 cm³/mol. The van der Waals surface area contributed by atoms with Gasteiger partial charge in [0.1, 0.15) is 11.4 Å². The molecular weight excluding hydrogens is 330 g/mol. The van der Waals surface area contributed by atoms with Crippen molar-refractivity contribution in [3.8, 4) is 5.75 Å². The van der Waals surface area contributed by atoms with Crippen molar-refractivity contribution >= 4 is 11.6 Å². The third kappa shape index (κ3) is 5.23. The molecule has 1 fully saturated rings. The Hall–Kier alpha value is -2.54. The molecule has 1 saturated heterocycles. The van der Waals surface area contributed by atoms with Gasteiger partial charge in [0.25, 0.3) is 5.56 Å². The summed E-state index contributed by atoms with van der Waals surface area (Å²) in [6, 6.07) is 8.31. The van der Waals surface area contributed by atoms with Gasteiger partial charge >= 0.3 is 0 Å². The molecule has 1 aliphatic rings. The van der Waals surface area contributed by atoms with Gasteiger partial charge < -0.3 is 15.8 Å². The van der Waals surface area contributed by atoms with Crippen LogP contribution in [0.15, 0.2) is 35.3 Å². The maximum atomic E-state index is 11.4. The Morgan fingerprint density at radius 3 is 3.12 bits per heavy atom. The standard InChI is InChI=1S/C19H27N5O2/c1-14-6-8-24(12-14)13-15-4-2-5-16(10-15)26-9-3-7-21-19-22-11-17(20)18(25)23-19/h2,4-5,10-11,14H,3,6-9,12-13,20H2,1H3,(H2,21,22,23,25). The average Bonchev–Trinajstić information content (AvgIpc) is 3.03. The molecule has 1 aromatic carbocycles. The summed E-state index contributed by atoms with van der Waals surface area (Å²) in [5.74, 6) is 2.12. The van der Waals surface area contributed by atoms with E-state index < -0.39 is 0 Å². The van der Waals surface area contributed by atoms with Crippen LogP contribution in [0.4, 0.5) is 11.6 Å². The highest BCUT2D eigenvalue weighted by molar-refractivity contribution is 5.35. The van der Waals surface area contributed by atoms with E-state index in [4.69, 9.17) is 10.5 Å². The second-order valence-electron chi connectivity index (χ2n) is 6.92. The summed E-state index contributed by atoms with van der Waals surface area (Å²) >= 11 is 0. The number of H-pyrrole nitrogens is 1. The van der Waals surface area contributed by atoms with Crippen LogP contribution in [-0.2, 0) is 6.54 Å². The van der Waals surface area contributed by atoms with E-state index >= 15 is 0 Å². The zero-order valence-electron chi connectivity index (χ0n) is 15.2. The molecule has 0 amide bonds. The zero-order chi connectivity index (χ0) is 18.4. The number of aromatic amines is 1. The van der Waals surface area contributed by atoms with Gasteiger partial charge in [-0.05, 0) is 43.0 Å². The Kier molecular flexibility index (Phi) is 6.12. The van der Waals surface area contributed by atoms with Gasteiger partial charge in [-0.3, -0.25) is 14.7 Å². The van der Waals surface area contributed by atoms with E-state index in [9.17, 15) is 4.79 Å².